The molecule has 1 aliphatic carbocycles. The Morgan fingerprint density at radius 3 is 2.04 bits per heavy atom. The number of H-pyrrole nitrogens is 2. The maximum atomic E-state index is 13.5. The van der Waals surface area contributed by atoms with E-state index >= 15 is 0 Å². The summed E-state index contributed by atoms with van der Waals surface area (Å²) in [6, 6.07) is 19.4. The zero-order chi connectivity index (χ0) is 38.5. The fourth-order valence-electron chi connectivity index (χ4n) is 7.81. The Bertz CT molecular complexity index is 2090. The average molecular weight is 763 g/mol. The number of nitrogens with zero attached hydrogens (tertiary/aromatic N) is 4. The number of rotatable bonds is 11. The summed E-state index contributed by atoms with van der Waals surface area (Å²) in [5.41, 5.74) is 6.88. The van der Waals surface area contributed by atoms with Gasteiger partial charge in [0.15, 0.2) is 0 Å². The molecule has 0 spiro atoms. The van der Waals surface area contributed by atoms with Gasteiger partial charge in [0.2, 0.25) is 11.8 Å². The van der Waals surface area contributed by atoms with Gasteiger partial charge in [0.1, 0.15) is 22.8 Å². The molecule has 2 aromatic carbocycles. The minimum absolute atomic E-state index is 0.0294. The number of amides is 3. The van der Waals surface area contributed by atoms with Gasteiger partial charge in [0.25, 0.3) is 0 Å². The predicted octanol–water partition coefficient (Wildman–Crippen LogP) is 7.82. The topological polar surface area (TPSA) is 158 Å². The summed E-state index contributed by atoms with van der Waals surface area (Å²) in [4.78, 5) is 61.1. The van der Waals surface area contributed by atoms with E-state index in [2.05, 4.69) is 79.1 Å². The van der Waals surface area contributed by atoms with Crippen molar-refractivity contribution in [2.24, 2.45) is 11.8 Å². The van der Waals surface area contributed by atoms with E-state index in [1.807, 2.05) is 37.2 Å². The molecule has 12 nitrogen and oxygen atoms in total. The molecule has 2 fully saturated rings. The molecule has 286 valence electrons. The van der Waals surface area contributed by atoms with E-state index < -0.39 is 12.1 Å². The van der Waals surface area contributed by atoms with E-state index in [1.165, 1.54) is 7.11 Å². The van der Waals surface area contributed by atoms with Crippen molar-refractivity contribution < 1.29 is 19.1 Å². The summed E-state index contributed by atoms with van der Waals surface area (Å²) in [5, 5.41) is 6.22. The number of aromatic nitrogens is 5. The van der Waals surface area contributed by atoms with Gasteiger partial charge in [-0.15, -0.1) is 0 Å². The Hall–Kier alpha value is -5.49. The number of hydrogen-bond acceptors (Lipinski definition) is 7. The smallest absolute Gasteiger partial charge is 0.407 e. The zero-order valence-corrected chi connectivity index (χ0v) is 32.1. The molecule has 3 amide bonds. The van der Waals surface area contributed by atoms with E-state index in [9.17, 15) is 14.4 Å². The number of pyridine rings is 1. The summed E-state index contributed by atoms with van der Waals surface area (Å²) in [7, 11) is 1.29. The van der Waals surface area contributed by atoms with E-state index in [4.69, 9.17) is 21.3 Å². The van der Waals surface area contributed by atoms with Crippen molar-refractivity contribution in [3.63, 3.8) is 0 Å². The molecule has 4 N–H and O–H groups in total. The van der Waals surface area contributed by atoms with Gasteiger partial charge in [-0.25, -0.2) is 19.7 Å². The molecule has 1 aliphatic heterocycles. The third-order valence-electron chi connectivity index (χ3n) is 10.9. The summed E-state index contributed by atoms with van der Waals surface area (Å²) in [6.07, 6.45) is 10.2. The quantitative estimate of drug-likeness (QED) is 0.1000. The minimum atomic E-state index is -0.680. The normalized spacial score (nSPS) is 18.9. The maximum absolute atomic E-state index is 13.5. The molecule has 13 heteroatoms. The summed E-state index contributed by atoms with van der Waals surface area (Å²) in [6.45, 7) is 4.83. The second-order valence-electron chi connectivity index (χ2n) is 14.8. The number of nitrogens with one attached hydrogen (secondary N) is 4. The first-order valence-electron chi connectivity index (χ1n) is 19.0. The molecule has 2 aliphatic rings. The molecule has 2 unspecified atom stereocenters. The van der Waals surface area contributed by atoms with Crippen LogP contribution in [0.4, 0.5) is 4.79 Å². The van der Waals surface area contributed by atoms with Crippen LogP contribution in [0, 0.1) is 11.8 Å². The van der Waals surface area contributed by atoms with Gasteiger partial charge in [-0.3, -0.25) is 9.59 Å². The van der Waals surface area contributed by atoms with Crippen LogP contribution in [0.25, 0.3) is 33.6 Å². The summed E-state index contributed by atoms with van der Waals surface area (Å²) in [5.74, 6) is 1.28. The Kier molecular flexibility index (Phi) is 11.6. The number of benzene rings is 2. The molecule has 4 heterocycles. The van der Waals surface area contributed by atoms with Crippen LogP contribution in [0.15, 0.2) is 79.3 Å². The van der Waals surface area contributed by atoms with Gasteiger partial charge in [-0.2, -0.15) is 0 Å². The first-order chi connectivity index (χ1) is 26.7. The lowest BCUT2D eigenvalue weighted by atomic mass is 9.78. The fourth-order valence-corrected chi connectivity index (χ4v) is 7.92. The predicted molar refractivity (Wildman–Crippen MR) is 211 cm³/mol. The first kappa shape index (κ1) is 37.8. The van der Waals surface area contributed by atoms with Crippen LogP contribution in [0.2, 0.25) is 5.15 Å². The zero-order valence-electron chi connectivity index (χ0n) is 31.3. The van der Waals surface area contributed by atoms with Crippen molar-refractivity contribution >= 4 is 29.5 Å². The maximum Gasteiger partial charge on any atom is 0.407 e. The highest BCUT2D eigenvalue weighted by molar-refractivity contribution is 6.29. The van der Waals surface area contributed by atoms with Crippen molar-refractivity contribution in [1.29, 1.82) is 0 Å². The highest BCUT2D eigenvalue weighted by atomic mass is 35.5. The molecular weight excluding hydrogens is 716 g/mol. The molecule has 1 saturated carbocycles. The summed E-state index contributed by atoms with van der Waals surface area (Å²) >= 11 is 5.91. The highest BCUT2D eigenvalue weighted by Crippen LogP contribution is 2.38. The van der Waals surface area contributed by atoms with Crippen LogP contribution in [0.5, 0.6) is 0 Å². The monoisotopic (exact) mass is 762 g/mol. The van der Waals surface area contributed by atoms with Gasteiger partial charge in [0, 0.05) is 31.1 Å². The number of alkyl carbamates (subject to hydrolysis) is 1. The lowest BCUT2D eigenvalue weighted by Crippen LogP contribution is -2.51. The lowest BCUT2D eigenvalue weighted by Gasteiger charge is -2.30. The van der Waals surface area contributed by atoms with Crippen molar-refractivity contribution in [2.45, 2.75) is 76.9 Å². The SMILES string of the molecule is COC(=O)N[C@H](C(=O)N1CCC[C@H]1c1ncc(-c2ccc(-c3ccc(-c4cnc(C5CCCCC5C(=O)NCc5ccc(Cl)nc5)[nH]4)cc3)cc2)[nH]1)C(C)C. The van der Waals surface area contributed by atoms with Crippen LogP contribution in [-0.2, 0) is 20.9 Å². The average Bonchev–Trinajstić information content (AvgIpc) is 4.01. The second-order valence-corrected chi connectivity index (χ2v) is 15.2. The molecule has 7 rings (SSSR count). The molecular formula is C42H47ClN8O4. The number of aromatic amines is 2. The number of likely N-dealkylation sites (tertiary alicyclic amines) is 1. The van der Waals surface area contributed by atoms with Gasteiger partial charge >= 0.3 is 6.09 Å². The third-order valence-corrected chi connectivity index (χ3v) is 11.1. The number of imidazole rings is 2. The van der Waals surface area contributed by atoms with Crippen LogP contribution in [0.3, 0.4) is 0 Å². The van der Waals surface area contributed by atoms with Gasteiger partial charge in [-0.1, -0.05) is 92.9 Å². The van der Waals surface area contributed by atoms with E-state index in [-0.39, 0.29) is 35.6 Å². The van der Waals surface area contributed by atoms with Gasteiger partial charge in [0.05, 0.1) is 36.9 Å². The van der Waals surface area contributed by atoms with Crippen LogP contribution >= 0.6 is 11.6 Å². The molecule has 0 radical (unpaired) electrons. The second kappa shape index (κ2) is 16.9. The Labute approximate surface area is 325 Å². The van der Waals surface area contributed by atoms with Gasteiger partial charge < -0.3 is 30.2 Å². The van der Waals surface area contributed by atoms with Crippen molar-refractivity contribution in [3.8, 4) is 33.6 Å². The number of ether oxygens (including phenoxy) is 1. The number of methoxy groups -OCH3 is 1. The Morgan fingerprint density at radius 2 is 1.42 bits per heavy atom. The fraction of sp³-hybridized carbons (Fsp3) is 0.381. The largest absolute Gasteiger partial charge is 0.453 e. The van der Waals surface area contributed by atoms with Crippen LogP contribution in [0.1, 0.15) is 81.5 Å². The standard InChI is InChI=1S/C42H47ClN8O4/c1-25(2)37(50-42(54)55-3)41(53)51-20-6-9-35(51)39-46-24-34(49-39)30-17-13-28(14-18-30)27-11-15-29(16-12-27)33-23-45-38(48-33)31-7-4-5-8-32(31)40(52)47-22-26-10-19-36(43)44-21-26/h10-19,21,23-25,31-32,35,37H,4-9,20,22H2,1-3H3,(H,45,48)(H,46,49)(H,47,52)(H,50,54)/t31?,32?,35-,37-/m0/s1. The first-order valence-corrected chi connectivity index (χ1v) is 19.4. The molecule has 1 saturated heterocycles. The van der Waals surface area contributed by atoms with E-state index in [1.54, 1.807) is 12.3 Å². The number of halogens is 1. The molecule has 4 atom stereocenters. The number of carbonyl (C=O) groups is 3. The van der Waals surface area contributed by atoms with Crippen molar-refractivity contribution in [2.75, 3.05) is 13.7 Å². The lowest BCUT2D eigenvalue weighted by molar-refractivity contribution is -0.135. The third kappa shape index (κ3) is 8.59. The van der Waals surface area contributed by atoms with Crippen molar-refractivity contribution in [1.82, 2.24) is 40.5 Å². The van der Waals surface area contributed by atoms with Gasteiger partial charge in [-0.05, 0) is 65.5 Å². The van der Waals surface area contributed by atoms with Crippen LogP contribution < -0.4 is 10.6 Å². The van der Waals surface area contributed by atoms with E-state index in [0.29, 0.717) is 18.2 Å². The molecule has 3 aromatic heterocycles. The Morgan fingerprint density at radius 1 is 0.800 bits per heavy atom. The van der Waals surface area contributed by atoms with Crippen LogP contribution in [-0.4, -0.2) is 67.4 Å². The Balaban J connectivity index is 0.984. The molecule has 5 aromatic rings. The number of carbonyl (C=O) groups excluding carboxylic acids is 3. The summed E-state index contributed by atoms with van der Waals surface area (Å²) < 4.78 is 4.76. The van der Waals surface area contributed by atoms with Crippen molar-refractivity contribution in [3.05, 3.63) is 102 Å². The highest BCUT2D eigenvalue weighted by Gasteiger charge is 2.38. The van der Waals surface area contributed by atoms with E-state index in [0.717, 1.165) is 89.4 Å². The molecule has 0 bridgehead atoms. The molecule has 55 heavy (non-hydrogen) atoms. The minimum Gasteiger partial charge on any atom is -0.453 e. The number of hydrogen-bond donors (Lipinski definition) is 4.